The van der Waals surface area contributed by atoms with E-state index in [-0.39, 0.29) is 0 Å². The Kier molecular flexibility index (Phi) is 6.53. The smallest absolute Gasteiger partial charge is 0.0334 e. The number of hydrogen-bond donors (Lipinski definition) is 0. The fourth-order valence-corrected chi connectivity index (χ4v) is 6.48. The molecule has 2 fully saturated rings. The fourth-order valence-electron chi connectivity index (χ4n) is 6.48. The van der Waals surface area contributed by atoms with Gasteiger partial charge in [0, 0.05) is 0 Å². The van der Waals surface area contributed by atoms with Gasteiger partial charge >= 0.3 is 0 Å². The Labute approximate surface area is 153 Å². The molecule has 0 N–H and O–H groups in total. The van der Waals surface area contributed by atoms with Crippen LogP contribution < -0.4 is 0 Å². The van der Waals surface area contributed by atoms with Gasteiger partial charge in [-0.1, -0.05) is 81.1 Å². The summed E-state index contributed by atoms with van der Waals surface area (Å²) in [6.45, 7) is 19.9. The Morgan fingerprint density at radius 2 is 1.17 bits per heavy atom. The van der Waals surface area contributed by atoms with E-state index in [4.69, 9.17) is 0 Å². The van der Waals surface area contributed by atoms with Crippen molar-refractivity contribution in [2.75, 3.05) is 0 Å². The Morgan fingerprint density at radius 1 is 0.708 bits per heavy atom. The van der Waals surface area contributed by atoms with E-state index >= 15 is 0 Å². The molecule has 0 amide bonds. The van der Waals surface area contributed by atoms with Crippen LogP contribution in [-0.2, 0) is 0 Å². The van der Waals surface area contributed by atoms with E-state index in [0.717, 1.165) is 35.5 Å². The van der Waals surface area contributed by atoms with Crippen molar-refractivity contribution >= 4 is 0 Å². The zero-order valence-electron chi connectivity index (χ0n) is 18.1. The molecular weight excluding hydrogens is 288 g/mol. The first-order valence-electron chi connectivity index (χ1n) is 11.0. The second kappa shape index (κ2) is 7.71. The molecule has 0 heterocycles. The van der Waals surface area contributed by atoms with Crippen molar-refractivity contribution in [1.82, 2.24) is 0 Å². The quantitative estimate of drug-likeness (QED) is 0.491. The molecule has 0 spiro atoms. The maximum Gasteiger partial charge on any atom is -0.0334 e. The highest BCUT2D eigenvalue weighted by Crippen LogP contribution is 2.54. The standard InChI is InChI=1S/C24H46/c1-9-10-18-11-13-19(14-12-18)20-15-21(23(3,4)5)17(2)22(16-20)24(6,7)8/h17-22H,9-16H2,1-8H3. The lowest BCUT2D eigenvalue weighted by Crippen LogP contribution is -2.44. The van der Waals surface area contributed by atoms with E-state index in [9.17, 15) is 0 Å². The third-order valence-corrected chi connectivity index (χ3v) is 7.86. The van der Waals surface area contributed by atoms with Crippen molar-refractivity contribution < 1.29 is 0 Å². The summed E-state index contributed by atoms with van der Waals surface area (Å²) in [5.74, 6) is 5.74. The Morgan fingerprint density at radius 3 is 1.54 bits per heavy atom. The molecule has 2 aliphatic carbocycles. The average molecular weight is 335 g/mol. The number of hydrogen-bond acceptors (Lipinski definition) is 0. The molecule has 0 aromatic carbocycles. The molecule has 2 rings (SSSR count). The van der Waals surface area contributed by atoms with E-state index in [0.29, 0.717) is 10.8 Å². The van der Waals surface area contributed by atoms with Crippen molar-refractivity contribution in [3.8, 4) is 0 Å². The maximum atomic E-state index is 2.57. The molecule has 0 aromatic rings. The van der Waals surface area contributed by atoms with Crippen LogP contribution in [0.15, 0.2) is 0 Å². The Hall–Kier alpha value is 0. The first-order valence-corrected chi connectivity index (χ1v) is 11.0. The molecule has 0 nitrogen and oxygen atoms in total. The highest BCUT2D eigenvalue weighted by atomic mass is 14.5. The summed E-state index contributed by atoms with van der Waals surface area (Å²) in [7, 11) is 0. The molecule has 0 heteroatoms. The van der Waals surface area contributed by atoms with Crippen LogP contribution in [0.1, 0.15) is 107 Å². The normalized spacial score (nSPS) is 39.0. The van der Waals surface area contributed by atoms with Crippen LogP contribution in [0.5, 0.6) is 0 Å². The van der Waals surface area contributed by atoms with Crippen molar-refractivity contribution in [2.24, 2.45) is 46.3 Å². The van der Waals surface area contributed by atoms with E-state index < -0.39 is 0 Å². The predicted molar refractivity (Wildman–Crippen MR) is 108 cm³/mol. The summed E-state index contributed by atoms with van der Waals surface area (Å²) in [4.78, 5) is 0. The SMILES string of the molecule is CCCC1CCC(C2CC(C(C)(C)C)C(C)C(C(C)(C)C)C2)CC1. The highest BCUT2D eigenvalue weighted by Gasteiger charge is 2.46. The first-order chi connectivity index (χ1) is 11.0. The third kappa shape index (κ3) is 4.79. The van der Waals surface area contributed by atoms with Crippen LogP contribution in [0.3, 0.4) is 0 Å². The van der Waals surface area contributed by atoms with Crippen molar-refractivity contribution in [3.05, 3.63) is 0 Å². The predicted octanol–water partition coefficient (Wildman–Crippen LogP) is 7.96. The van der Waals surface area contributed by atoms with Crippen LogP contribution in [0.2, 0.25) is 0 Å². The van der Waals surface area contributed by atoms with E-state index in [1.165, 1.54) is 51.4 Å². The van der Waals surface area contributed by atoms with Crippen molar-refractivity contribution in [3.63, 3.8) is 0 Å². The molecule has 142 valence electrons. The minimum Gasteiger partial charge on any atom is -0.0654 e. The second-order valence-corrected chi connectivity index (χ2v) is 11.6. The van der Waals surface area contributed by atoms with Gasteiger partial charge < -0.3 is 0 Å². The minimum absolute atomic E-state index is 0.459. The topological polar surface area (TPSA) is 0 Å². The van der Waals surface area contributed by atoms with Crippen LogP contribution >= 0.6 is 0 Å². The van der Waals surface area contributed by atoms with Crippen molar-refractivity contribution in [2.45, 2.75) is 107 Å². The number of rotatable bonds is 3. The second-order valence-electron chi connectivity index (χ2n) is 11.6. The zero-order valence-corrected chi connectivity index (χ0v) is 18.1. The summed E-state index contributed by atoms with van der Waals surface area (Å²) < 4.78 is 0. The fraction of sp³-hybridized carbons (Fsp3) is 1.00. The average Bonchev–Trinajstić information content (AvgIpc) is 2.46. The van der Waals surface area contributed by atoms with Crippen LogP contribution in [0.4, 0.5) is 0 Å². The van der Waals surface area contributed by atoms with E-state index in [1.807, 2.05) is 0 Å². The molecule has 2 atom stereocenters. The summed E-state index contributed by atoms with van der Waals surface area (Å²) in [6, 6.07) is 0. The summed E-state index contributed by atoms with van der Waals surface area (Å²) in [5, 5.41) is 0. The van der Waals surface area contributed by atoms with Gasteiger partial charge in [-0.15, -0.1) is 0 Å². The van der Waals surface area contributed by atoms with E-state index in [2.05, 4.69) is 55.4 Å². The zero-order chi connectivity index (χ0) is 18.1. The van der Waals surface area contributed by atoms with Crippen LogP contribution in [0, 0.1) is 46.3 Å². The monoisotopic (exact) mass is 334 g/mol. The van der Waals surface area contributed by atoms with Crippen LogP contribution in [-0.4, -0.2) is 0 Å². The minimum atomic E-state index is 0.459. The Bertz CT molecular complexity index is 348. The van der Waals surface area contributed by atoms with E-state index in [1.54, 1.807) is 0 Å². The molecular formula is C24H46. The lowest BCUT2D eigenvalue weighted by molar-refractivity contribution is -0.0302. The van der Waals surface area contributed by atoms with Gasteiger partial charge in [0.15, 0.2) is 0 Å². The molecule has 0 radical (unpaired) electrons. The molecule has 24 heavy (non-hydrogen) atoms. The molecule has 0 saturated heterocycles. The maximum absolute atomic E-state index is 2.57. The third-order valence-electron chi connectivity index (χ3n) is 7.86. The van der Waals surface area contributed by atoms with Gasteiger partial charge in [-0.05, 0) is 72.0 Å². The molecule has 0 aliphatic heterocycles. The molecule has 2 unspecified atom stereocenters. The van der Waals surface area contributed by atoms with Gasteiger partial charge in [0.1, 0.15) is 0 Å². The van der Waals surface area contributed by atoms with Gasteiger partial charge in [-0.2, -0.15) is 0 Å². The van der Waals surface area contributed by atoms with Gasteiger partial charge in [0.05, 0.1) is 0 Å². The Balaban J connectivity index is 2.10. The van der Waals surface area contributed by atoms with Gasteiger partial charge in [0.25, 0.3) is 0 Å². The lowest BCUT2D eigenvalue weighted by Gasteiger charge is -2.52. The van der Waals surface area contributed by atoms with Crippen LogP contribution in [0.25, 0.3) is 0 Å². The first kappa shape index (κ1) is 20.3. The molecule has 0 bridgehead atoms. The largest absolute Gasteiger partial charge is 0.0654 e. The molecule has 0 aromatic heterocycles. The molecule has 2 saturated carbocycles. The van der Waals surface area contributed by atoms with Crippen molar-refractivity contribution in [1.29, 1.82) is 0 Å². The molecule has 2 aliphatic rings. The van der Waals surface area contributed by atoms with Gasteiger partial charge in [-0.25, -0.2) is 0 Å². The summed E-state index contributed by atoms with van der Waals surface area (Å²) >= 11 is 0. The highest BCUT2D eigenvalue weighted by molar-refractivity contribution is 4.95. The van der Waals surface area contributed by atoms with Gasteiger partial charge in [0.2, 0.25) is 0 Å². The summed E-state index contributed by atoms with van der Waals surface area (Å²) in [6.07, 6.45) is 11.9. The lowest BCUT2D eigenvalue weighted by atomic mass is 9.53. The van der Waals surface area contributed by atoms with Gasteiger partial charge in [-0.3, -0.25) is 0 Å². The summed E-state index contributed by atoms with van der Waals surface area (Å²) in [5.41, 5.74) is 0.919.